The van der Waals surface area contributed by atoms with Crippen molar-refractivity contribution in [3.8, 4) is 0 Å². The van der Waals surface area contributed by atoms with Gasteiger partial charge in [0, 0.05) is 12.0 Å². The zero-order chi connectivity index (χ0) is 13.8. The van der Waals surface area contributed by atoms with Gasteiger partial charge in [0.15, 0.2) is 0 Å². The minimum Gasteiger partial charge on any atom is -0.350 e. The van der Waals surface area contributed by atoms with Crippen LogP contribution in [0.2, 0.25) is 0 Å². The second-order valence-electron chi connectivity index (χ2n) is 5.33. The molecule has 0 spiro atoms. The number of rotatable bonds is 5. The predicted molar refractivity (Wildman–Crippen MR) is 70.5 cm³/mol. The molecule has 4 heteroatoms. The maximum atomic E-state index is 12.8. The van der Waals surface area contributed by atoms with Crippen LogP contribution >= 0.6 is 0 Å². The van der Waals surface area contributed by atoms with Gasteiger partial charge >= 0.3 is 0 Å². The number of benzene rings is 1. The minimum absolute atomic E-state index is 0.0367. The predicted octanol–water partition coefficient (Wildman–Crippen LogP) is 2.52. The number of hydrogen-bond donors (Lipinski definition) is 2. The van der Waals surface area contributed by atoms with Gasteiger partial charge in [0.05, 0.1) is 6.04 Å². The summed E-state index contributed by atoms with van der Waals surface area (Å²) in [6, 6.07) is 6.00. The Labute approximate surface area is 108 Å². The first-order valence-corrected chi connectivity index (χ1v) is 6.11. The van der Waals surface area contributed by atoms with Crippen molar-refractivity contribution >= 4 is 5.91 Å². The molecule has 0 radical (unpaired) electrons. The van der Waals surface area contributed by atoms with E-state index in [0.29, 0.717) is 12.8 Å². The fourth-order valence-electron chi connectivity index (χ4n) is 1.58. The van der Waals surface area contributed by atoms with Crippen LogP contribution in [-0.2, 0) is 4.79 Å². The van der Waals surface area contributed by atoms with E-state index in [-0.39, 0.29) is 23.3 Å². The molecule has 18 heavy (non-hydrogen) atoms. The van der Waals surface area contributed by atoms with Crippen molar-refractivity contribution < 1.29 is 9.18 Å². The van der Waals surface area contributed by atoms with Gasteiger partial charge in [0.2, 0.25) is 5.91 Å². The molecule has 0 aliphatic carbocycles. The van der Waals surface area contributed by atoms with Crippen molar-refractivity contribution in [2.45, 2.75) is 45.2 Å². The first-order valence-electron chi connectivity index (χ1n) is 6.11. The Balaban J connectivity index is 2.47. The largest absolute Gasteiger partial charge is 0.350 e. The Morgan fingerprint density at radius 1 is 1.39 bits per heavy atom. The fraction of sp³-hybridized carbons (Fsp3) is 0.500. The molecule has 1 aromatic carbocycles. The summed E-state index contributed by atoms with van der Waals surface area (Å²) >= 11 is 0. The van der Waals surface area contributed by atoms with Crippen molar-refractivity contribution in [1.29, 1.82) is 0 Å². The molecule has 1 rings (SSSR count). The van der Waals surface area contributed by atoms with Gasteiger partial charge < -0.3 is 11.1 Å². The van der Waals surface area contributed by atoms with Gasteiger partial charge in [0.25, 0.3) is 0 Å². The second-order valence-corrected chi connectivity index (χ2v) is 5.33. The van der Waals surface area contributed by atoms with E-state index in [9.17, 15) is 9.18 Å². The van der Waals surface area contributed by atoms with Crippen LogP contribution in [0.4, 0.5) is 4.39 Å². The maximum Gasteiger partial charge on any atom is 0.220 e. The highest BCUT2D eigenvalue weighted by Gasteiger charge is 2.15. The zero-order valence-corrected chi connectivity index (χ0v) is 11.2. The van der Waals surface area contributed by atoms with Crippen LogP contribution < -0.4 is 11.1 Å². The average Bonchev–Trinajstić information content (AvgIpc) is 2.26. The van der Waals surface area contributed by atoms with Crippen LogP contribution in [0.5, 0.6) is 0 Å². The van der Waals surface area contributed by atoms with Gasteiger partial charge in [-0.1, -0.05) is 12.1 Å². The third-order valence-electron chi connectivity index (χ3n) is 2.74. The Bertz CT molecular complexity index is 395. The normalized spacial score (nSPS) is 13.2. The summed E-state index contributed by atoms with van der Waals surface area (Å²) in [5.41, 5.74) is 6.37. The fourth-order valence-corrected chi connectivity index (χ4v) is 1.58. The smallest absolute Gasteiger partial charge is 0.220 e. The summed E-state index contributed by atoms with van der Waals surface area (Å²) in [5.74, 6) is -0.312. The molecular weight excluding hydrogens is 231 g/mol. The first-order chi connectivity index (χ1) is 8.28. The molecule has 0 aliphatic heterocycles. The van der Waals surface area contributed by atoms with Crippen LogP contribution in [0.3, 0.4) is 0 Å². The van der Waals surface area contributed by atoms with Gasteiger partial charge in [-0.05, 0) is 44.9 Å². The summed E-state index contributed by atoms with van der Waals surface area (Å²) in [4.78, 5) is 11.7. The van der Waals surface area contributed by atoms with Crippen molar-refractivity contribution in [3.63, 3.8) is 0 Å². The van der Waals surface area contributed by atoms with Gasteiger partial charge in [-0.3, -0.25) is 4.79 Å². The van der Waals surface area contributed by atoms with Crippen molar-refractivity contribution in [2.75, 3.05) is 0 Å². The lowest BCUT2D eigenvalue weighted by Crippen LogP contribution is -2.35. The Hall–Kier alpha value is -1.42. The molecule has 0 aliphatic rings. The van der Waals surface area contributed by atoms with Gasteiger partial charge in [-0.25, -0.2) is 4.39 Å². The lowest BCUT2D eigenvalue weighted by Gasteiger charge is -2.19. The summed E-state index contributed by atoms with van der Waals surface area (Å²) < 4.78 is 12.8. The van der Waals surface area contributed by atoms with E-state index in [0.717, 1.165) is 5.56 Å². The number of nitrogens with two attached hydrogens (primary N) is 1. The molecule has 1 atom stereocenters. The number of nitrogens with one attached hydrogen (secondary N) is 1. The number of carbonyl (C=O) groups excluding carboxylic acids is 1. The molecule has 1 amide bonds. The van der Waals surface area contributed by atoms with E-state index < -0.39 is 0 Å². The molecular formula is C14H21FN2O. The SMILES string of the molecule is CC(NC(=O)CCC(C)(C)N)c1ccc(F)cc1. The summed E-state index contributed by atoms with van der Waals surface area (Å²) in [6.45, 7) is 5.66. The lowest BCUT2D eigenvalue weighted by molar-refractivity contribution is -0.122. The van der Waals surface area contributed by atoms with Crippen LogP contribution in [0.15, 0.2) is 24.3 Å². The summed E-state index contributed by atoms with van der Waals surface area (Å²) in [7, 11) is 0. The van der Waals surface area contributed by atoms with Crippen LogP contribution in [0.1, 0.15) is 45.2 Å². The molecule has 0 fully saturated rings. The van der Waals surface area contributed by atoms with Crippen molar-refractivity contribution in [1.82, 2.24) is 5.32 Å². The van der Waals surface area contributed by atoms with Crippen LogP contribution in [0, 0.1) is 5.82 Å². The van der Waals surface area contributed by atoms with E-state index in [1.807, 2.05) is 20.8 Å². The zero-order valence-electron chi connectivity index (χ0n) is 11.2. The molecule has 1 unspecified atom stereocenters. The molecule has 3 N–H and O–H groups in total. The molecule has 0 heterocycles. The first kappa shape index (κ1) is 14.6. The topological polar surface area (TPSA) is 55.1 Å². The van der Waals surface area contributed by atoms with E-state index in [1.54, 1.807) is 12.1 Å². The van der Waals surface area contributed by atoms with E-state index in [1.165, 1.54) is 12.1 Å². The van der Waals surface area contributed by atoms with Crippen LogP contribution in [-0.4, -0.2) is 11.4 Å². The standard InChI is InChI=1S/C14H21FN2O/c1-10(11-4-6-12(15)7-5-11)17-13(18)8-9-14(2,3)16/h4-7,10H,8-9,16H2,1-3H3,(H,17,18). The third kappa shape index (κ3) is 5.27. The number of hydrogen-bond acceptors (Lipinski definition) is 2. The quantitative estimate of drug-likeness (QED) is 0.846. The average molecular weight is 252 g/mol. The molecule has 3 nitrogen and oxygen atoms in total. The van der Waals surface area contributed by atoms with E-state index in [2.05, 4.69) is 5.32 Å². The number of amides is 1. The van der Waals surface area contributed by atoms with Crippen molar-refractivity contribution in [3.05, 3.63) is 35.6 Å². The summed E-state index contributed by atoms with van der Waals surface area (Å²) in [5, 5.41) is 2.87. The minimum atomic E-state index is -0.337. The molecule has 0 saturated carbocycles. The highest BCUT2D eigenvalue weighted by atomic mass is 19.1. The molecule has 0 bridgehead atoms. The molecule has 1 aromatic rings. The molecule has 100 valence electrons. The Morgan fingerprint density at radius 3 is 2.44 bits per heavy atom. The van der Waals surface area contributed by atoms with E-state index >= 15 is 0 Å². The Kier molecular flexibility index (Phi) is 4.84. The number of halogens is 1. The van der Waals surface area contributed by atoms with Gasteiger partial charge in [-0.2, -0.15) is 0 Å². The van der Waals surface area contributed by atoms with Crippen LogP contribution in [0.25, 0.3) is 0 Å². The second kappa shape index (κ2) is 5.96. The van der Waals surface area contributed by atoms with Gasteiger partial charge in [0.1, 0.15) is 5.82 Å². The monoisotopic (exact) mass is 252 g/mol. The van der Waals surface area contributed by atoms with E-state index in [4.69, 9.17) is 5.73 Å². The van der Waals surface area contributed by atoms with Gasteiger partial charge in [-0.15, -0.1) is 0 Å². The number of carbonyl (C=O) groups is 1. The summed E-state index contributed by atoms with van der Waals surface area (Å²) in [6.07, 6.45) is 1.03. The highest BCUT2D eigenvalue weighted by Crippen LogP contribution is 2.14. The molecule has 0 saturated heterocycles. The maximum absolute atomic E-state index is 12.8. The Morgan fingerprint density at radius 2 is 1.94 bits per heavy atom. The molecule has 0 aromatic heterocycles. The lowest BCUT2D eigenvalue weighted by atomic mass is 9.99. The third-order valence-corrected chi connectivity index (χ3v) is 2.74. The highest BCUT2D eigenvalue weighted by molar-refractivity contribution is 5.76. The van der Waals surface area contributed by atoms with Crippen molar-refractivity contribution in [2.24, 2.45) is 5.73 Å².